The van der Waals surface area contributed by atoms with Gasteiger partial charge in [-0.1, -0.05) is 12.1 Å². The van der Waals surface area contributed by atoms with Crippen LogP contribution in [0.4, 0.5) is 5.69 Å². The molecule has 2 aromatic carbocycles. The molecule has 2 atom stereocenters. The zero-order valence-electron chi connectivity index (χ0n) is 16.4. The van der Waals surface area contributed by atoms with Crippen LogP contribution in [0.5, 0.6) is 0 Å². The van der Waals surface area contributed by atoms with E-state index in [1.807, 2.05) is 12.1 Å². The van der Waals surface area contributed by atoms with Crippen molar-refractivity contribution in [2.75, 3.05) is 32.0 Å². The van der Waals surface area contributed by atoms with Crippen molar-refractivity contribution in [1.82, 2.24) is 10.3 Å². The normalized spacial score (nSPS) is 19.1. The molecule has 1 aromatic heterocycles. The molecule has 1 aliphatic rings. The van der Waals surface area contributed by atoms with E-state index in [-0.39, 0.29) is 11.8 Å². The monoisotopic (exact) mass is 409 g/mol. The van der Waals surface area contributed by atoms with E-state index in [0.29, 0.717) is 23.7 Å². The van der Waals surface area contributed by atoms with Crippen LogP contribution in [-0.2, 0) is 4.79 Å². The number of carbonyl (C=O) groups is 2. The summed E-state index contributed by atoms with van der Waals surface area (Å²) in [6.07, 6.45) is 2.23. The quantitative estimate of drug-likeness (QED) is 0.604. The number of para-hydroxylation sites is 1. The average molecular weight is 410 g/mol. The number of amides is 2. The fourth-order valence-corrected chi connectivity index (χ4v) is 4.97. The number of thiazole rings is 1. The molecule has 29 heavy (non-hydrogen) atoms. The van der Waals surface area contributed by atoms with Crippen LogP contribution in [-0.4, -0.2) is 43.5 Å². The van der Waals surface area contributed by atoms with Gasteiger partial charge in [0.15, 0.2) is 6.54 Å². The van der Waals surface area contributed by atoms with Crippen molar-refractivity contribution in [3.8, 4) is 0 Å². The highest BCUT2D eigenvalue weighted by atomic mass is 32.1. The van der Waals surface area contributed by atoms with E-state index in [9.17, 15) is 9.59 Å². The Kier molecular flexibility index (Phi) is 5.87. The number of anilines is 1. The van der Waals surface area contributed by atoms with Crippen molar-refractivity contribution < 1.29 is 14.5 Å². The van der Waals surface area contributed by atoms with Crippen LogP contribution in [0.15, 0.2) is 48.5 Å². The molecule has 0 saturated carbocycles. The zero-order valence-corrected chi connectivity index (χ0v) is 17.2. The number of fused-ring (bicyclic) bond motifs is 1. The minimum atomic E-state index is -0.137. The Bertz CT molecular complexity index is 982. The number of piperidine rings is 1. The maximum atomic E-state index is 12.5. The lowest BCUT2D eigenvalue weighted by Gasteiger charge is -2.28. The Hall–Kier alpha value is -2.77. The molecule has 1 unspecified atom stereocenters. The van der Waals surface area contributed by atoms with E-state index in [4.69, 9.17) is 4.98 Å². The Morgan fingerprint density at radius 2 is 1.97 bits per heavy atom. The molecule has 150 valence electrons. The van der Waals surface area contributed by atoms with Gasteiger partial charge in [-0.25, -0.2) is 4.98 Å². The summed E-state index contributed by atoms with van der Waals surface area (Å²) in [5.74, 6) is 0.273. The number of hydrogen-bond donors (Lipinski definition) is 3. The first-order valence-corrected chi connectivity index (χ1v) is 10.7. The Morgan fingerprint density at radius 3 is 2.72 bits per heavy atom. The van der Waals surface area contributed by atoms with E-state index in [1.165, 1.54) is 14.6 Å². The highest BCUT2D eigenvalue weighted by Gasteiger charge is 2.28. The van der Waals surface area contributed by atoms with Gasteiger partial charge in [-0.15, -0.1) is 11.3 Å². The molecule has 0 aliphatic carbocycles. The number of rotatable bonds is 5. The summed E-state index contributed by atoms with van der Waals surface area (Å²) in [7, 11) is 1.60. The van der Waals surface area contributed by atoms with Crippen molar-refractivity contribution in [3.63, 3.8) is 0 Å². The molecule has 1 fully saturated rings. The molecular formula is C22H25N4O2S+. The fraction of sp³-hybridized carbons (Fsp3) is 0.318. The fourth-order valence-electron chi connectivity index (χ4n) is 3.87. The minimum absolute atomic E-state index is 0.00218. The number of aromatic nitrogens is 1. The molecule has 0 radical (unpaired) electrons. The number of nitrogens with one attached hydrogen (secondary N) is 3. The molecule has 4 rings (SSSR count). The third-order valence-electron chi connectivity index (χ3n) is 5.35. The van der Waals surface area contributed by atoms with Gasteiger partial charge in [0.2, 0.25) is 0 Å². The van der Waals surface area contributed by atoms with Crippen LogP contribution in [0.25, 0.3) is 10.2 Å². The molecule has 3 N–H and O–H groups in total. The number of quaternary nitrogens is 1. The van der Waals surface area contributed by atoms with Crippen LogP contribution in [0.3, 0.4) is 0 Å². The number of likely N-dealkylation sites (tertiary alicyclic amines) is 1. The molecular weight excluding hydrogens is 384 g/mol. The summed E-state index contributed by atoms with van der Waals surface area (Å²) in [5.41, 5.74) is 2.35. The van der Waals surface area contributed by atoms with Gasteiger partial charge in [-0.2, -0.15) is 0 Å². The van der Waals surface area contributed by atoms with Gasteiger partial charge in [0, 0.05) is 18.3 Å². The van der Waals surface area contributed by atoms with Gasteiger partial charge in [-0.05, 0) is 49.2 Å². The molecule has 1 saturated heterocycles. The smallest absolute Gasteiger partial charge is 0.279 e. The Balaban J connectivity index is 1.35. The first-order chi connectivity index (χ1) is 14.1. The highest BCUT2D eigenvalue weighted by Crippen LogP contribution is 2.30. The van der Waals surface area contributed by atoms with Crippen LogP contribution in [0.1, 0.15) is 34.1 Å². The van der Waals surface area contributed by atoms with Gasteiger partial charge < -0.3 is 15.5 Å². The maximum Gasteiger partial charge on any atom is 0.279 e. The summed E-state index contributed by atoms with van der Waals surface area (Å²) >= 11 is 1.78. The standard InChI is InChI=1S/C22H24N4O2S/c1-23-21(28)15-8-10-17(11-9-15)24-20(27)14-26-12-4-5-16(13-26)22-25-18-6-2-3-7-19(18)29-22/h2-3,6-11,16H,4-5,12-14H2,1H3,(H,23,28)(H,24,27)/p+1/t16-/m0/s1. The minimum Gasteiger partial charge on any atom is -0.355 e. The van der Waals surface area contributed by atoms with Crippen LogP contribution in [0, 0.1) is 0 Å². The Labute approximate surface area is 173 Å². The van der Waals surface area contributed by atoms with E-state index >= 15 is 0 Å². The second-order valence-corrected chi connectivity index (χ2v) is 8.51. The lowest BCUT2D eigenvalue weighted by atomic mass is 9.99. The molecule has 6 nitrogen and oxygen atoms in total. The number of hydrogen-bond acceptors (Lipinski definition) is 4. The zero-order chi connectivity index (χ0) is 20.2. The van der Waals surface area contributed by atoms with Crippen LogP contribution >= 0.6 is 11.3 Å². The predicted molar refractivity (Wildman–Crippen MR) is 116 cm³/mol. The van der Waals surface area contributed by atoms with Crippen molar-refractivity contribution >= 4 is 39.1 Å². The average Bonchev–Trinajstić information content (AvgIpc) is 3.18. The van der Waals surface area contributed by atoms with Crippen molar-refractivity contribution in [2.45, 2.75) is 18.8 Å². The molecule has 0 spiro atoms. The largest absolute Gasteiger partial charge is 0.355 e. The summed E-state index contributed by atoms with van der Waals surface area (Å²) in [5, 5.41) is 6.72. The molecule has 3 aromatic rings. The molecule has 1 aliphatic heterocycles. The van der Waals surface area contributed by atoms with Gasteiger partial charge >= 0.3 is 0 Å². The molecule has 7 heteroatoms. The van der Waals surface area contributed by atoms with Crippen molar-refractivity contribution in [3.05, 3.63) is 59.1 Å². The molecule has 2 heterocycles. The third-order valence-corrected chi connectivity index (χ3v) is 6.55. The second kappa shape index (κ2) is 8.71. The lowest BCUT2D eigenvalue weighted by molar-refractivity contribution is -0.898. The van der Waals surface area contributed by atoms with E-state index in [2.05, 4.69) is 22.8 Å². The van der Waals surface area contributed by atoms with E-state index < -0.39 is 0 Å². The van der Waals surface area contributed by atoms with Gasteiger partial charge in [0.1, 0.15) is 5.01 Å². The van der Waals surface area contributed by atoms with Crippen molar-refractivity contribution in [1.29, 1.82) is 0 Å². The van der Waals surface area contributed by atoms with E-state index in [1.54, 1.807) is 42.6 Å². The number of carbonyl (C=O) groups excluding carboxylic acids is 2. The third kappa shape index (κ3) is 4.63. The van der Waals surface area contributed by atoms with Gasteiger partial charge in [-0.3, -0.25) is 9.59 Å². The number of nitrogens with zero attached hydrogens (tertiary/aromatic N) is 1. The van der Waals surface area contributed by atoms with Crippen LogP contribution in [0.2, 0.25) is 0 Å². The summed E-state index contributed by atoms with van der Waals surface area (Å²) in [6.45, 7) is 2.38. The van der Waals surface area contributed by atoms with E-state index in [0.717, 1.165) is 31.4 Å². The first kappa shape index (κ1) is 19.5. The summed E-state index contributed by atoms with van der Waals surface area (Å²) in [4.78, 5) is 30.2. The predicted octanol–water partition coefficient (Wildman–Crippen LogP) is 2.06. The molecule has 0 bridgehead atoms. The maximum absolute atomic E-state index is 12.5. The number of benzene rings is 2. The van der Waals surface area contributed by atoms with Gasteiger partial charge in [0.25, 0.3) is 11.8 Å². The Morgan fingerprint density at radius 1 is 1.17 bits per heavy atom. The lowest BCUT2D eigenvalue weighted by Crippen LogP contribution is -3.14. The SMILES string of the molecule is CNC(=O)c1ccc(NC(=O)C[NH+]2CCC[C@H](c3nc4ccccc4s3)C2)cc1. The van der Waals surface area contributed by atoms with Crippen molar-refractivity contribution in [2.24, 2.45) is 0 Å². The summed E-state index contributed by atoms with van der Waals surface area (Å²) in [6, 6.07) is 15.2. The first-order valence-electron chi connectivity index (χ1n) is 9.93. The second-order valence-electron chi connectivity index (χ2n) is 7.44. The molecule has 2 amide bonds. The highest BCUT2D eigenvalue weighted by molar-refractivity contribution is 7.18. The topological polar surface area (TPSA) is 75.5 Å². The summed E-state index contributed by atoms with van der Waals surface area (Å²) < 4.78 is 1.23. The van der Waals surface area contributed by atoms with Gasteiger partial charge in [0.05, 0.1) is 29.2 Å². The van der Waals surface area contributed by atoms with Crippen LogP contribution < -0.4 is 15.5 Å².